The molecule has 1 heterocycles. The van der Waals surface area contributed by atoms with Crippen molar-refractivity contribution in [1.82, 2.24) is 0 Å². The highest BCUT2D eigenvalue weighted by Gasteiger charge is 2.12. The number of benzene rings is 1. The van der Waals surface area contributed by atoms with E-state index >= 15 is 0 Å². The quantitative estimate of drug-likeness (QED) is 0.757. The lowest BCUT2D eigenvalue weighted by molar-refractivity contribution is -0.684. The van der Waals surface area contributed by atoms with E-state index in [-0.39, 0.29) is 22.9 Å². The van der Waals surface area contributed by atoms with Gasteiger partial charge < -0.3 is 22.3 Å². The van der Waals surface area contributed by atoms with Crippen LogP contribution in [-0.2, 0) is 11.3 Å². The molecular weight excluding hydrogens is 316 g/mol. The average Bonchev–Trinajstić information content (AvgIpc) is 2.35. The summed E-state index contributed by atoms with van der Waals surface area (Å²) in [5, 5.41) is 2.99. The summed E-state index contributed by atoms with van der Waals surface area (Å²) < 4.78 is 1.86. The number of pyridine rings is 1. The Morgan fingerprint density at radius 3 is 2.15 bits per heavy atom. The van der Waals surface area contributed by atoms with Crippen LogP contribution in [0.3, 0.4) is 0 Å². The van der Waals surface area contributed by atoms with Crippen LogP contribution in [0.5, 0.6) is 0 Å². The second-order valence-corrected chi connectivity index (χ2v) is 4.87. The maximum Gasteiger partial charge on any atom is 0.290 e. The van der Waals surface area contributed by atoms with Crippen LogP contribution in [0.2, 0.25) is 0 Å². The minimum Gasteiger partial charge on any atom is -1.00 e. The zero-order valence-corrected chi connectivity index (χ0v) is 13.6. The van der Waals surface area contributed by atoms with Crippen LogP contribution in [0, 0.1) is 20.8 Å². The summed E-state index contributed by atoms with van der Waals surface area (Å²) >= 11 is 0. The molecule has 0 saturated carbocycles. The van der Waals surface area contributed by atoms with Crippen molar-refractivity contribution >= 4 is 11.6 Å². The van der Waals surface area contributed by atoms with Crippen molar-refractivity contribution in [3.63, 3.8) is 0 Å². The molecule has 2 aromatic rings. The predicted molar refractivity (Wildman–Crippen MR) is 75.9 cm³/mol. The van der Waals surface area contributed by atoms with E-state index in [0.29, 0.717) is 6.54 Å². The molecule has 1 aromatic carbocycles. The maximum absolute atomic E-state index is 12.0. The molecule has 4 heteroatoms. The van der Waals surface area contributed by atoms with Gasteiger partial charge in [-0.05, 0) is 31.9 Å². The van der Waals surface area contributed by atoms with Gasteiger partial charge in [-0.2, -0.15) is 4.57 Å². The fourth-order valence-electron chi connectivity index (χ4n) is 2.26. The standard InChI is InChI=1S/C16H18N2O.BrH/c1-12-9-13(2)16(14(3)10-12)17-15(19)11-18-7-5-4-6-8-18;/h4-10H,11H2,1-3H3;1H. The molecule has 106 valence electrons. The highest BCUT2D eigenvalue weighted by molar-refractivity contribution is 5.91. The Bertz CT molecular complexity index is 574. The Hall–Kier alpha value is -1.68. The van der Waals surface area contributed by atoms with E-state index in [9.17, 15) is 4.79 Å². The van der Waals surface area contributed by atoms with Crippen molar-refractivity contribution < 1.29 is 26.3 Å². The van der Waals surface area contributed by atoms with Crippen LogP contribution in [-0.4, -0.2) is 5.91 Å². The molecule has 1 amide bonds. The monoisotopic (exact) mass is 334 g/mol. The molecule has 0 aliphatic carbocycles. The van der Waals surface area contributed by atoms with Gasteiger partial charge in [0, 0.05) is 17.8 Å². The Kier molecular flexibility index (Phi) is 5.89. The molecule has 0 aliphatic rings. The van der Waals surface area contributed by atoms with Gasteiger partial charge >= 0.3 is 0 Å². The summed E-state index contributed by atoms with van der Waals surface area (Å²) in [6, 6.07) is 9.92. The van der Waals surface area contributed by atoms with Crippen molar-refractivity contribution in [3.05, 3.63) is 59.4 Å². The summed E-state index contributed by atoms with van der Waals surface area (Å²) in [6.07, 6.45) is 3.77. The molecule has 0 atom stereocenters. The molecule has 0 spiro atoms. The number of rotatable bonds is 3. The van der Waals surface area contributed by atoms with Crippen molar-refractivity contribution in [1.29, 1.82) is 0 Å². The van der Waals surface area contributed by atoms with Gasteiger partial charge in [0.2, 0.25) is 6.54 Å². The minimum absolute atomic E-state index is 0. The van der Waals surface area contributed by atoms with Gasteiger partial charge in [0.25, 0.3) is 5.91 Å². The summed E-state index contributed by atoms with van der Waals surface area (Å²) in [5.41, 5.74) is 4.34. The molecular formula is C16H19BrN2O. The lowest BCUT2D eigenvalue weighted by atomic mass is 10.1. The van der Waals surface area contributed by atoms with E-state index < -0.39 is 0 Å². The first-order valence-corrected chi connectivity index (χ1v) is 6.38. The Labute approximate surface area is 130 Å². The lowest BCUT2D eigenvalue weighted by Gasteiger charge is -2.11. The third kappa shape index (κ3) is 4.17. The van der Waals surface area contributed by atoms with Gasteiger partial charge in [0.15, 0.2) is 12.4 Å². The molecule has 0 unspecified atom stereocenters. The third-order valence-electron chi connectivity index (χ3n) is 3.04. The number of nitrogens with zero attached hydrogens (tertiary/aromatic N) is 1. The summed E-state index contributed by atoms with van der Waals surface area (Å²) in [5.74, 6) is -0.00810. The number of amides is 1. The summed E-state index contributed by atoms with van der Waals surface area (Å²) in [7, 11) is 0. The predicted octanol–water partition coefficient (Wildman–Crippen LogP) is -0.458. The zero-order valence-electron chi connectivity index (χ0n) is 12.0. The van der Waals surface area contributed by atoms with E-state index in [1.807, 2.05) is 49.0 Å². The van der Waals surface area contributed by atoms with Crippen LogP contribution >= 0.6 is 0 Å². The van der Waals surface area contributed by atoms with Crippen molar-refractivity contribution in [3.8, 4) is 0 Å². The molecule has 0 bridgehead atoms. The number of anilines is 1. The van der Waals surface area contributed by atoms with E-state index in [2.05, 4.69) is 24.4 Å². The van der Waals surface area contributed by atoms with Crippen molar-refractivity contribution in [2.24, 2.45) is 0 Å². The molecule has 0 saturated heterocycles. The topological polar surface area (TPSA) is 33.0 Å². The number of halogens is 1. The van der Waals surface area contributed by atoms with E-state index in [1.165, 1.54) is 5.56 Å². The van der Waals surface area contributed by atoms with Crippen molar-refractivity contribution in [2.75, 3.05) is 5.32 Å². The number of aromatic nitrogens is 1. The molecule has 0 aliphatic heterocycles. The number of hydrogen-bond acceptors (Lipinski definition) is 1. The number of aryl methyl sites for hydroxylation is 3. The molecule has 20 heavy (non-hydrogen) atoms. The number of carbonyl (C=O) groups excluding carboxylic acids is 1. The van der Waals surface area contributed by atoms with Gasteiger partial charge in [-0.1, -0.05) is 23.8 Å². The van der Waals surface area contributed by atoms with E-state index in [4.69, 9.17) is 0 Å². The minimum atomic E-state index is -0.00810. The van der Waals surface area contributed by atoms with E-state index in [1.54, 1.807) is 0 Å². The molecule has 1 N–H and O–H groups in total. The smallest absolute Gasteiger partial charge is 0.290 e. The Morgan fingerprint density at radius 1 is 1.05 bits per heavy atom. The Morgan fingerprint density at radius 2 is 1.60 bits per heavy atom. The molecule has 2 rings (SSSR count). The third-order valence-corrected chi connectivity index (χ3v) is 3.04. The lowest BCUT2D eigenvalue weighted by Crippen LogP contribution is -3.00. The van der Waals surface area contributed by atoms with Crippen LogP contribution in [0.1, 0.15) is 16.7 Å². The van der Waals surface area contributed by atoms with Gasteiger partial charge in [-0.3, -0.25) is 4.79 Å². The fraction of sp³-hybridized carbons (Fsp3) is 0.250. The normalized spacial score (nSPS) is 9.75. The highest BCUT2D eigenvalue weighted by Crippen LogP contribution is 2.21. The van der Waals surface area contributed by atoms with Crippen molar-refractivity contribution in [2.45, 2.75) is 27.3 Å². The summed E-state index contributed by atoms with van der Waals surface area (Å²) in [6.45, 7) is 6.43. The Balaban J connectivity index is 0.00000200. The molecule has 0 radical (unpaired) electrons. The second kappa shape index (κ2) is 7.20. The molecule has 3 nitrogen and oxygen atoms in total. The first kappa shape index (κ1) is 16.4. The van der Waals surface area contributed by atoms with Crippen LogP contribution in [0.15, 0.2) is 42.7 Å². The fourth-order valence-corrected chi connectivity index (χ4v) is 2.26. The first-order chi connectivity index (χ1) is 9.06. The number of nitrogens with one attached hydrogen (secondary N) is 1. The van der Waals surface area contributed by atoms with E-state index in [0.717, 1.165) is 16.8 Å². The largest absolute Gasteiger partial charge is 1.00 e. The highest BCUT2D eigenvalue weighted by atomic mass is 79.9. The van der Waals surface area contributed by atoms with Crippen LogP contribution in [0.25, 0.3) is 0 Å². The van der Waals surface area contributed by atoms with Gasteiger partial charge in [-0.15, -0.1) is 0 Å². The molecule has 0 fully saturated rings. The first-order valence-electron chi connectivity index (χ1n) is 6.38. The number of hydrogen-bond donors (Lipinski definition) is 1. The van der Waals surface area contributed by atoms with Gasteiger partial charge in [0.1, 0.15) is 0 Å². The zero-order chi connectivity index (χ0) is 13.8. The maximum atomic E-state index is 12.0. The van der Waals surface area contributed by atoms with Gasteiger partial charge in [0.05, 0.1) is 0 Å². The molecule has 1 aromatic heterocycles. The van der Waals surface area contributed by atoms with Crippen LogP contribution in [0.4, 0.5) is 5.69 Å². The van der Waals surface area contributed by atoms with Crippen LogP contribution < -0.4 is 26.9 Å². The number of carbonyl (C=O) groups is 1. The second-order valence-electron chi connectivity index (χ2n) is 4.87. The summed E-state index contributed by atoms with van der Waals surface area (Å²) in [4.78, 5) is 12.0. The average molecular weight is 335 g/mol. The SMILES string of the molecule is Cc1cc(C)c(NC(=O)C[n+]2ccccc2)c(C)c1.[Br-]. The van der Waals surface area contributed by atoms with Gasteiger partial charge in [-0.25, -0.2) is 0 Å².